The average molecular weight is 225 g/mol. The van der Waals surface area contributed by atoms with Gasteiger partial charge in [-0.15, -0.1) is 0 Å². The zero-order valence-electron chi connectivity index (χ0n) is 9.08. The Balaban J connectivity index is 0.00000112. The zero-order valence-corrected chi connectivity index (χ0v) is 9.84. The second kappa shape index (κ2) is 6.86. The van der Waals surface area contributed by atoms with Crippen molar-refractivity contribution in [3.63, 3.8) is 0 Å². The van der Waals surface area contributed by atoms with E-state index in [2.05, 4.69) is 35.6 Å². The van der Waals surface area contributed by atoms with E-state index in [9.17, 15) is 0 Å². The SMILES string of the molecule is [Cl-].c1ccc(CCNC2CCCC2)cc1. The van der Waals surface area contributed by atoms with Crippen molar-refractivity contribution in [2.75, 3.05) is 6.54 Å². The number of hydrogen-bond acceptors (Lipinski definition) is 1. The molecule has 0 spiro atoms. The molecule has 0 amide bonds. The molecule has 0 bridgehead atoms. The number of hydrogen-bond donors (Lipinski definition) is 1. The van der Waals surface area contributed by atoms with Crippen LogP contribution < -0.4 is 17.7 Å². The predicted octanol–water partition coefficient (Wildman–Crippen LogP) is -0.235. The average Bonchev–Trinajstić information content (AvgIpc) is 2.72. The van der Waals surface area contributed by atoms with Crippen LogP contribution in [0.15, 0.2) is 30.3 Å². The lowest BCUT2D eigenvalue weighted by Gasteiger charge is -2.11. The Morgan fingerprint density at radius 1 is 1.07 bits per heavy atom. The van der Waals surface area contributed by atoms with Gasteiger partial charge in [0.2, 0.25) is 0 Å². The molecular formula is C13H19ClN-. The molecule has 0 radical (unpaired) electrons. The smallest absolute Gasteiger partial charge is 0.00671 e. The summed E-state index contributed by atoms with van der Waals surface area (Å²) in [4.78, 5) is 0. The van der Waals surface area contributed by atoms with Crippen molar-refractivity contribution >= 4 is 0 Å². The molecule has 0 unspecified atom stereocenters. The summed E-state index contributed by atoms with van der Waals surface area (Å²) in [5.41, 5.74) is 1.44. The molecule has 1 nitrogen and oxygen atoms in total. The topological polar surface area (TPSA) is 12.0 Å². The number of rotatable bonds is 4. The van der Waals surface area contributed by atoms with Crippen molar-refractivity contribution < 1.29 is 12.4 Å². The van der Waals surface area contributed by atoms with E-state index in [-0.39, 0.29) is 12.4 Å². The van der Waals surface area contributed by atoms with Crippen LogP contribution >= 0.6 is 0 Å². The molecule has 15 heavy (non-hydrogen) atoms. The minimum absolute atomic E-state index is 0. The Morgan fingerprint density at radius 2 is 1.73 bits per heavy atom. The van der Waals surface area contributed by atoms with Gasteiger partial charge in [0.25, 0.3) is 0 Å². The van der Waals surface area contributed by atoms with Gasteiger partial charge in [-0.25, -0.2) is 0 Å². The maximum Gasteiger partial charge on any atom is 0.00671 e. The van der Waals surface area contributed by atoms with E-state index < -0.39 is 0 Å². The summed E-state index contributed by atoms with van der Waals surface area (Å²) >= 11 is 0. The van der Waals surface area contributed by atoms with Gasteiger partial charge in [-0.1, -0.05) is 43.2 Å². The quantitative estimate of drug-likeness (QED) is 0.745. The van der Waals surface area contributed by atoms with E-state index >= 15 is 0 Å². The molecule has 2 rings (SSSR count). The van der Waals surface area contributed by atoms with Crippen molar-refractivity contribution in [3.8, 4) is 0 Å². The molecule has 1 aliphatic carbocycles. The first kappa shape index (κ1) is 12.5. The molecule has 84 valence electrons. The van der Waals surface area contributed by atoms with Crippen LogP contribution in [-0.4, -0.2) is 12.6 Å². The normalized spacial score (nSPS) is 16.3. The molecular weight excluding hydrogens is 206 g/mol. The summed E-state index contributed by atoms with van der Waals surface area (Å²) in [6.07, 6.45) is 6.77. The van der Waals surface area contributed by atoms with Crippen molar-refractivity contribution in [2.24, 2.45) is 0 Å². The van der Waals surface area contributed by atoms with Crippen LogP contribution in [0.4, 0.5) is 0 Å². The summed E-state index contributed by atoms with van der Waals surface area (Å²) in [5.74, 6) is 0. The second-order valence-electron chi connectivity index (χ2n) is 4.17. The summed E-state index contributed by atoms with van der Waals surface area (Å²) in [7, 11) is 0. The summed E-state index contributed by atoms with van der Waals surface area (Å²) < 4.78 is 0. The molecule has 0 heterocycles. The van der Waals surface area contributed by atoms with Gasteiger partial charge in [-0.2, -0.15) is 0 Å². The van der Waals surface area contributed by atoms with Gasteiger partial charge < -0.3 is 17.7 Å². The lowest BCUT2D eigenvalue weighted by Crippen LogP contribution is -3.00. The fourth-order valence-corrected chi connectivity index (χ4v) is 2.20. The Labute approximate surface area is 98.7 Å². The first-order valence-electron chi connectivity index (χ1n) is 5.72. The maximum absolute atomic E-state index is 3.63. The Kier molecular flexibility index (Phi) is 5.74. The molecule has 1 aliphatic rings. The highest BCUT2D eigenvalue weighted by atomic mass is 35.5. The lowest BCUT2D eigenvalue weighted by atomic mass is 10.1. The van der Waals surface area contributed by atoms with Crippen LogP contribution in [0.5, 0.6) is 0 Å². The van der Waals surface area contributed by atoms with Crippen LogP contribution in [0.3, 0.4) is 0 Å². The minimum atomic E-state index is 0. The van der Waals surface area contributed by atoms with Gasteiger partial charge in [-0.05, 0) is 31.4 Å². The van der Waals surface area contributed by atoms with Gasteiger partial charge in [0, 0.05) is 6.04 Å². The molecule has 1 saturated carbocycles. The van der Waals surface area contributed by atoms with E-state index in [0.717, 1.165) is 19.0 Å². The highest BCUT2D eigenvalue weighted by molar-refractivity contribution is 5.14. The number of halogens is 1. The van der Waals surface area contributed by atoms with Gasteiger partial charge in [-0.3, -0.25) is 0 Å². The molecule has 0 aliphatic heterocycles. The molecule has 1 aromatic rings. The third-order valence-electron chi connectivity index (χ3n) is 3.04. The van der Waals surface area contributed by atoms with Gasteiger partial charge >= 0.3 is 0 Å². The van der Waals surface area contributed by atoms with Gasteiger partial charge in [0.05, 0.1) is 0 Å². The Morgan fingerprint density at radius 3 is 2.40 bits per heavy atom. The van der Waals surface area contributed by atoms with E-state index in [0.29, 0.717) is 0 Å². The fourth-order valence-electron chi connectivity index (χ4n) is 2.20. The standard InChI is InChI=1S/C13H19N.ClH/c1-2-6-12(7-3-1)10-11-14-13-8-4-5-9-13;/h1-3,6-7,13-14H,4-5,8-11H2;1H/p-1. The lowest BCUT2D eigenvalue weighted by molar-refractivity contribution is -0.00000300. The highest BCUT2D eigenvalue weighted by Crippen LogP contribution is 2.17. The summed E-state index contributed by atoms with van der Waals surface area (Å²) in [5, 5.41) is 3.63. The number of nitrogens with one attached hydrogen (secondary N) is 1. The van der Waals surface area contributed by atoms with E-state index in [1.807, 2.05) is 0 Å². The third kappa shape index (κ3) is 4.23. The van der Waals surface area contributed by atoms with Crippen LogP contribution in [0, 0.1) is 0 Å². The fraction of sp³-hybridized carbons (Fsp3) is 0.538. The molecule has 0 atom stereocenters. The minimum Gasteiger partial charge on any atom is -1.00 e. The van der Waals surface area contributed by atoms with E-state index in [4.69, 9.17) is 0 Å². The first-order chi connectivity index (χ1) is 6.95. The van der Waals surface area contributed by atoms with Crippen molar-refractivity contribution in [1.82, 2.24) is 5.32 Å². The monoisotopic (exact) mass is 224 g/mol. The summed E-state index contributed by atoms with van der Waals surface area (Å²) in [6, 6.07) is 11.5. The van der Waals surface area contributed by atoms with Crippen LogP contribution in [-0.2, 0) is 6.42 Å². The van der Waals surface area contributed by atoms with Gasteiger partial charge in [0.1, 0.15) is 0 Å². The van der Waals surface area contributed by atoms with Crippen molar-refractivity contribution in [3.05, 3.63) is 35.9 Å². The molecule has 0 aromatic heterocycles. The molecule has 1 aromatic carbocycles. The maximum atomic E-state index is 3.63. The Hall–Kier alpha value is -0.530. The van der Waals surface area contributed by atoms with Crippen molar-refractivity contribution in [2.45, 2.75) is 38.1 Å². The largest absolute Gasteiger partial charge is 1.00 e. The van der Waals surface area contributed by atoms with Crippen LogP contribution in [0.1, 0.15) is 31.2 Å². The number of benzene rings is 1. The zero-order chi connectivity index (χ0) is 9.64. The molecule has 2 heteroatoms. The third-order valence-corrected chi connectivity index (χ3v) is 3.04. The van der Waals surface area contributed by atoms with E-state index in [1.165, 1.54) is 31.2 Å². The van der Waals surface area contributed by atoms with Crippen LogP contribution in [0.2, 0.25) is 0 Å². The highest BCUT2D eigenvalue weighted by Gasteiger charge is 2.13. The van der Waals surface area contributed by atoms with Crippen molar-refractivity contribution in [1.29, 1.82) is 0 Å². The van der Waals surface area contributed by atoms with E-state index in [1.54, 1.807) is 0 Å². The molecule has 1 fully saturated rings. The Bertz CT molecular complexity index is 254. The molecule has 1 N–H and O–H groups in total. The molecule has 0 saturated heterocycles. The first-order valence-corrected chi connectivity index (χ1v) is 5.72. The second-order valence-corrected chi connectivity index (χ2v) is 4.17. The predicted molar refractivity (Wildman–Crippen MR) is 60.4 cm³/mol. The van der Waals surface area contributed by atoms with Gasteiger partial charge in [0.15, 0.2) is 0 Å². The van der Waals surface area contributed by atoms with Crippen LogP contribution in [0.25, 0.3) is 0 Å². The summed E-state index contributed by atoms with van der Waals surface area (Å²) in [6.45, 7) is 1.13.